The number of amides is 1. The van der Waals surface area contributed by atoms with Crippen molar-refractivity contribution in [2.45, 2.75) is 51.6 Å². The first-order valence-corrected chi connectivity index (χ1v) is 6.48. The highest BCUT2D eigenvalue weighted by Crippen LogP contribution is 2.44. The number of carbonyl (C=O) groups excluding carboxylic acids is 1. The molecule has 0 saturated heterocycles. The summed E-state index contributed by atoms with van der Waals surface area (Å²) in [6.07, 6.45) is 3.42. The van der Waals surface area contributed by atoms with Gasteiger partial charge in [0.05, 0.1) is 12.5 Å². The van der Waals surface area contributed by atoms with Crippen LogP contribution in [0.1, 0.15) is 45.4 Å². The SMILES string of the molecule is CC(O)CN(C)C(=O)CC1(CC(=O)O)CCCC1. The molecule has 104 valence electrons. The lowest BCUT2D eigenvalue weighted by Gasteiger charge is -2.29. The molecule has 0 bridgehead atoms. The van der Waals surface area contributed by atoms with Gasteiger partial charge in [-0.3, -0.25) is 9.59 Å². The predicted molar refractivity (Wildman–Crippen MR) is 67.1 cm³/mol. The molecule has 5 nitrogen and oxygen atoms in total. The predicted octanol–water partition coefficient (Wildman–Crippen LogP) is 1.25. The standard InChI is InChI=1S/C13H23NO4/c1-10(15)9-14(2)11(16)7-13(8-12(17)18)5-3-4-6-13/h10,15H,3-9H2,1-2H3,(H,17,18). The Morgan fingerprint density at radius 2 is 1.83 bits per heavy atom. The van der Waals surface area contributed by atoms with Crippen LogP contribution in [0.3, 0.4) is 0 Å². The summed E-state index contributed by atoms with van der Waals surface area (Å²) < 4.78 is 0. The Bertz CT molecular complexity index is 308. The Balaban J connectivity index is 2.61. The van der Waals surface area contributed by atoms with Gasteiger partial charge in [0.1, 0.15) is 0 Å². The minimum absolute atomic E-state index is 0.0703. The third-order valence-electron chi connectivity index (χ3n) is 3.68. The highest BCUT2D eigenvalue weighted by atomic mass is 16.4. The maximum atomic E-state index is 12.0. The van der Waals surface area contributed by atoms with E-state index in [1.807, 2.05) is 0 Å². The number of carboxylic acids is 1. The zero-order valence-electron chi connectivity index (χ0n) is 11.2. The molecule has 1 unspecified atom stereocenters. The van der Waals surface area contributed by atoms with Gasteiger partial charge in [-0.1, -0.05) is 12.8 Å². The number of aliphatic carboxylic acids is 1. The van der Waals surface area contributed by atoms with Crippen LogP contribution in [0.2, 0.25) is 0 Å². The van der Waals surface area contributed by atoms with Crippen molar-refractivity contribution in [3.05, 3.63) is 0 Å². The van der Waals surface area contributed by atoms with Gasteiger partial charge in [0.15, 0.2) is 0 Å². The molecule has 0 aromatic rings. The average Bonchev–Trinajstić information content (AvgIpc) is 2.63. The Labute approximate surface area is 108 Å². The van der Waals surface area contributed by atoms with E-state index < -0.39 is 12.1 Å². The molecule has 18 heavy (non-hydrogen) atoms. The molecular formula is C13H23NO4. The first-order valence-electron chi connectivity index (χ1n) is 6.48. The number of aliphatic hydroxyl groups is 1. The zero-order valence-corrected chi connectivity index (χ0v) is 11.2. The Kier molecular flexibility index (Phi) is 5.14. The van der Waals surface area contributed by atoms with Gasteiger partial charge in [-0.2, -0.15) is 0 Å². The van der Waals surface area contributed by atoms with Gasteiger partial charge in [0.2, 0.25) is 5.91 Å². The normalized spacial score (nSPS) is 19.5. The summed E-state index contributed by atoms with van der Waals surface area (Å²) in [6, 6.07) is 0. The van der Waals surface area contributed by atoms with E-state index in [9.17, 15) is 14.7 Å². The van der Waals surface area contributed by atoms with Crippen LogP contribution in [-0.2, 0) is 9.59 Å². The summed E-state index contributed by atoms with van der Waals surface area (Å²) in [5, 5.41) is 18.2. The lowest BCUT2D eigenvalue weighted by Crippen LogP contribution is -2.37. The van der Waals surface area contributed by atoms with Crippen LogP contribution >= 0.6 is 0 Å². The molecule has 1 saturated carbocycles. The average molecular weight is 257 g/mol. The van der Waals surface area contributed by atoms with Gasteiger partial charge in [0, 0.05) is 20.0 Å². The maximum absolute atomic E-state index is 12.0. The van der Waals surface area contributed by atoms with E-state index in [4.69, 9.17) is 5.11 Å². The van der Waals surface area contributed by atoms with E-state index in [1.165, 1.54) is 4.90 Å². The molecule has 1 atom stereocenters. The molecule has 1 rings (SSSR count). The highest BCUT2D eigenvalue weighted by Gasteiger charge is 2.38. The zero-order chi connectivity index (χ0) is 13.8. The molecule has 0 spiro atoms. The topological polar surface area (TPSA) is 77.8 Å². The Hall–Kier alpha value is -1.10. The number of hydrogen-bond donors (Lipinski definition) is 2. The summed E-state index contributed by atoms with van der Waals surface area (Å²) in [6.45, 7) is 1.92. The molecule has 1 aliphatic carbocycles. The molecule has 1 fully saturated rings. The quantitative estimate of drug-likeness (QED) is 0.750. The summed E-state index contributed by atoms with van der Waals surface area (Å²) in [7, 11) is 1.65. The van der Waals surface area contributed by atoms with Gasteiger partial charge >= 0.3 is 5.97 Å². The fraction of sp³-hybridized carbons (Fsp3) is 0.846. The van der Waals surface area contributed by atoms with Crippen LogP contribution in [0.25, 0.3) is 0 Å². The number of nitrogens with zero attached hydrogens (tertiary/aromatic N) is 1. The Morgan fingerprint density at radius 1 is 1.28 bits per heavy atom. The summed E-state index contributed by atoms with van der Waals surface area (Å²) in [5.74, 6) is -0.901. The van der Waals surface area contributed by atoms with E-state index in [1.54, 1.807) is 14.0 Å². The van der Waals surface area contributed by atoms with Crippen molar-refractivity contribution in [3.63, 3.8) is 0 Å². The van der Waals surface area contributed by atoms with Crippen LogP contribution in [0, 0.1) is 5.41 Å². The minimum Gasteiger partial charge on any atom is -0.481 e. The summed E-state index contributed by atoms with van der Waals surface area (Å²) in [5.41, 5.74) is -0.365. The second-order valence-corrected chi connectivity index (χ2v) is 5.58. The van der Waals surface area contributed by atoms with Gasteiger partial charge < -0.3 is 15.1 Å². The van der Waals surface area contributed by atoms with Crippen LogP contribution in [-0.4, -0.2) is 46.7 Å². The molecule has 0 aromatic heterocycles. The lowest BCUT2D eigenvalue weighted by molar-refractivity contribution is -0.141. The van der Waals surface area contributed by atoms with E-state index in [0.29, 0.717) is 6.54 Å². The van der Waals surface area contributed by atoms with Crippen molar-refractivity contribution in [2.75, 3.05) is 13.6 Å². The van der Waals surface area contributed by atoms with Gasteiger partial charge in [0.25, 0.3) is 0 Å². The summed E-state index contributed by atoms with van der Waals surface area (Å²) >= 11 is 0. The van der Waals surface area contributed by atoms with E-state index in [-0.39, 0.29) is 24.2 Å². The molecule has 2 N–H and O–H groups in total. The monoisotopic (exact) mass is 257 g/mol. The fourth-order valence-electron chi connectivity index (χ4n) is 2.82. The van der Waals surface area contributed by atoms with Crippen LogP contribution in [0.15, 0.2) is 0 Å². The van der Waals surface area contributed by atoms with Gasteiger partial charge in [-0.15, -0.1) is 0 Å². The lowest BCUT2D eigenvalue weighted by atomic mass is 9.79. The van der Waals surface area contributed by atoms with Crippen molar-refractivity contribution in [1.29, 1.82) is 0 Å². The number of carboxylic acid groups (broad SMARTS) is 1. The van der Waals surface area contributed by atoms with E-state index in [0.717, 1.165) is 25.7 Å². The first-order chi connectivity index (χ1) is 8.34. The van der Waals surface area contributed by atoms with Crippen molar-refractivity contribution in [3.8, 4) is 0 Å². The number of rotatable bonds is 6. The molecule has 0 aromatic carbocycles. The van der Waals surface area contributed by atoms with Crippen LogP contribution in [0.5, 0.6) is 0 Å². The number of hydrogen-bond acceptors (Lipinski definition) is 3. The fourth-order valence-corrected chi connectivity index (χ4v) is 2.82. The highest BCUT2D eigenvalue weighted by molar-refractivity contribution is 5.78. The molecule has 1 amide bonds. The number of carbonyl (C=O) groups is 2. The van der Waals surface area contributed by atoms with E-state index in [2.05, 4.69) is 0 Å². The minimum atomic E-state index is -0.831. The molecule has 1 aliphatic rings. The smallest absolute Gasteiger partial charge is 0.303 e. The van der Waals surface area contributed by atoms with Gasteiger partial charge in [-0.05, 0) is 25.2 Å². The first kappa shape index (κ1) is 15.0. The van der Waals surface area contributed by atoms with Gasteiger partial charge in [-0.25, -0.2) is 0 Å². The van der Waals surface area contributed by atoms with Crippen molar-refractivity contribution >= 4 is 11.9 Å². The van der Waals surface area contributed by atoms with Crippen molar-refractivity contribution in [2.24, 2.45) is 5.41 Å². The van der Waals surface area contributed by atoms with E-state index >= 15 is 0 Å². The maximum Gasteiger partial charge on any atom is 0.303 e. The molecule has 0 radical (unpaired) electrons. The molecule has 5 heteroatoms. The van der Waals surface area contributed by atoms with Crippen LogP contribution in [0.4, 0.5) is 0 Å². The largest absolute Gasteiger partial charge is 0.481 e. The third-order valence-corrected chi connectivity index (χ3v) is 3.68. The second-order valence-electron chi connectivity index (χ2n) is 5.58. The summed E-state index contributed by atoms with van der Waals surface area (Å²) in [4.78, 5) is 24.5. The van der Waals surface area contributed by atoms with Crippen LogP contribution < -0.4 is 0 Å². The van der Waals surface area contributed by atoms with Crippen molar-refractivity contribution in [1.82, 2.24) is 4.90 Å². The Morgan fingerprint density at radius 3 is 2.28 bits per heavy atom. The second kappa shape index (κ2) is 6.18. The molecule has 0 heterocycles. The number of likely N-dealkylation sites (N-methyl/N-ethyl adjacent to an activating group) is 1. The molecular weight excluding hydrogens is 234 g/mol. The third kappa shape index (κ3) is 4.29. The number of aliphatic hydroxyl groups excluding tert-OH is 1. The van der Waals surface area contributed by atoms with Crippen molar-refractivity contribution < 1.29 is 19.8 Å². The molecule has 0 aliphatic heterocycles.